The average Bonchev–Trinajstić information content (AvgIpc) is 3.11. The Kier molecular flexibility index (Phi) is 5.31. The van der Waals surface area contributed by atoms with E-state index in [0.717, 1.165) is 17.7 Å². The minimum atomic E-state index is -0.0613. The van der Waals surface area contributed by atoms with Gasteiger partial charge in [-0.25, -0.2) is 5.43 Å². The third-order valence-electron chi connectivity index (χ3n) is 4.47. The molecule has 0 bridgehead atoms. The summed E-state index contributed by atoms with van der Waals surface area (Å²) in [6, 6.07) is 11.3. The number of nitrogens with one attached hydrogen (secondary N) is 2. The highest BCUT2D eigenvalue weighted by atomic mass is 16.5. The highest BCUT2D eigenvalue weighted by Gasteiger charge is 2.32. The molecule has 134 valence electrons. The van der Waals surface area contributed by atoms with E-state index in [4.69, 9.17) is 14.2 Å². The molecule has 1 heterocycles. The third-order valence-corrected chi connectivity index (χ3v) is 4.47. The summed E-state index contributed by atoms with van der Waals surface area (Å²) in [4.78, 5) is 0. The molecular weight excluding hydrogens is 320 g/mol. The smallest absolute Gasteiger partial charge is 0.160 e. The Morgan fingerprint density at radius 1 is 1.08 bits per heavy atom. The Morgan fingerprint density at radius 2 is 1.88 bits per heavy atom. The van der Waals surface area contributed by atoms with Gasteiger partial charge in [-0.05, 0) is 30.7 Å². The molecule has 2 unspecified atom stereocenters. The topological polar surface area (TPSA) is 72.0 Å². The summed E-state index contributed by atoms with van der Waals surface area (Å²) >= 11 is 0. The summed E-state index contributed by atoms with van der Waals surface area (Å²) in [5.74, 6) is 2.42. The molecule has 0 aliphatic carbocycles. The largest absolute Gasteiger partial charge is 0.507 e. The van der Waals surface area contributed by atoms with E-state index < -0.39 is 0 Å². The van der Waals surface area contributed by atoms with Crippen molar-refractivity contribution in [2.45, 2.75) is 18.9 Å². The molecule has 0 radical (unpaired) electrons. The van der Waals surface area contributed by atoms with Crippen molar-refractivity contribution in [3.05, 3.63) is 47.5 Å². The molecule has 2 atom stereocenters. The Labute approximate surface area is 147 Å². The molecule has 1 fully saturated rings. The van der Waals surface area contributed by atoms with E-state index in [1.807, 2.05) is 37.3 Å². The Morgan fingerprint density at radius 3 is 2.56 bits per heavy atom. The number of methoxy groups -OCH3 is 2. The van der Waals surface area contributed by atoms with Crippen LogP contribution >= 0.6 is 0 Å². The van der Waals surface area contributed by atoms with Gasteiger partial charge >= 0.3 is 0 Å². The second-order valence-corrected chi connectivity index (χ2v) is 5.88. The van der Waals surface area contributed by atoms with E-state index >= 15 is 0 Å². The molecule has 2 aromatic rings. The molecule has 6 nitrogen and oxygen atoms in total. The van der Waals surface area contributed by atoms with Crippen molar-refractivity contribution in [1.29, 1.82) is 0 Å². The molecule has 0 spiro atoms. The molecule has 0 aromatic heterocycles. The van der Waals surface area contributed by atoms with Crippen molar-refractivity contribution in [2.24, 2.45) is 0 Å². The van der Waals surface area contributed by atoms with Crippen LogP contribution in [0.5, 0.6) is 23.0 Å². The number of ether oxygens (including phenoxy) is 3. The number of phenolic OH excluding ortho intramolecular Hbond substituents is 1. The van der Waals surface area contributed by atoms with Gasteiger partial charge in [0.25, 0.3) is 0 Å². The molecule has 3 N–H and O–H groups in total. The monoisotopic (exact) mass is 344 g/mol. The van der Waals surface area contributed by atoms with Crippen LogP contribution in [0, 0.1) is 0 Å². The number of rotatable bonds is 6. The van der Waals surface area contributed by atoms with Crippen molar-refractivity contribution >= 4 is 0 Å². The maximum Gasteiger partial charge on any atom is 0.160 e. The van der Waals surface area contributed by atoms with Crippen LogP contribution in [0.25, 0.3) is 0 Å². The van der Waals surface area contributed by atoms with Crippen LogP contribution < -0.4 is 25.1 Å². The van der Waals surface area contributed by atoms with Gasteiger partial charge in [0.2, 0.25) is 0 Å². The molecule has 0 saturated carbocycles. The van der Waals surface area contributed by atoms with E-state index in [1.54, 1.807) is 20.3 Å². The molecule has 1 aliphatic rings. The fraction of sp³-hybridized carbons (Fsp3) is 0.368. The lowest BCUT2D eigenvalue weighted by molar-refractivity contribution is 0.336. The maximum atomic E-state index is 10.4. The van der Waals surface area contributed by atoms with Gasteiger partial charge in [-0.15, -0.1) is 0 Å². The first-order valence-corrected chi connectivity index (χ1v) is 8.34. The van der Waals surface area contributed by atoms with Crippen molar-refractivity contribution < 1.29 is 19.3 Å². The normalized spacial score (nSPS) is 19.6. The first-order valence-electron chi connectivity index (χ1n) is 8.34. The van der Waals surface area contributed by atoms with Gasteiger partial charge in [-0.3, -0.25) is 5.43 Å². The molecular formula is C19H24N2O4. The van der Waals surface area contributed by atoms with Gasteiger partial charge in [-0.1, -0.05) is 12.1 Å². The first-order chi connectivity index (χ1) is 12.2. The summed E-state index contributed by atoms with van der Waals surface area (Å²) in [5, 5.41) is 10.4. The van der Waals surface area contributed by atoms with E-state index in [0.29, 0.717) is 23.9 Å². The fourth-order valence-electron chi connectivity index (χ4n) is 3.23. The minimum Gasteiger partial charge on any atom is -0.507 e. The van der Waals surface area contributed by atoms with Gasteiger partial charge in [-0.2, -0.15) is 0 Å². The Balaban J connectivity index is 1.90. The van der Waals surface area contributed by atoms with Crippen LogP contribution in [0.15, 0.2) is 36.4 Å². The number of hydrogen-bond acceptors (Lipinski definition) is 6. The third kappa shape index (κ3) is 3.50. The van der Waals surface area contributed by atoms with E-state index in [9.17, 15) is 5.11 Å². The Hall–Kier alpha value is -2.44. The van der Waals surface area contributed by atoms with Crippen molar-refractivity contribution in [1.82, 2.24) is 10.9 Å². The van der Waals surface area contributed by atoms with Gasteiger partial charge < -0.3 is 19.3 Å². The molecule has 1 aliphatic heterocycles. The van der Waals surface area contributed by atoms with Gasteiger partial charge in [0.1, 0.15) is 11.5 Å². The first kappa shape index (κ1) is 17.4. The number of benzene rings is 2. The second-order valence-electron chi connectivity index (χ2n) is 5.88. The second kappa shape index (κ2) is 7.63. The standard InChI is InChI=1S/C19H24N2O4/c1-4-25-13-6-7-14(16(22)10-13)19-15(11-20-21-19)12-5-8-17(23-2)18(9-12)24-3/h5-10,15,19-22H,4,11H2,1-3H3. The van der Waals surface area contributed by atoms with E-state index in [1.165, 1.54) is 0 Å². The van der Waals surface area contributed by atoms with Crippen molar-refractivity contribution in [3.8, 4) is 23.0 Å². The minimum absolute atomic E-state index is 0.0613. The lowest BCUT2D eigenvalue weighted by Crippen LogP contribution is -2.25. The van der Waals surface area contributed by atoms with Crippen molar-refractivity contribution in [2.75, 3.05) is 27.4 Å². The fourth-order valence-corrected chi connectivity index (χ4v) is 3.23. The molecule has 1 saturated heterocycles. The number of phenols is 1. The van der Waals surface area contributed by atoms with E-state index in [2.05, 4.69) is 10.9 Å². The SMILES string of the molecule is CCOc1ccc(C2NNCC2c2ccc(OC)c(OC)c2)c(O)c1. The lowest BCUT2D eigenvalue weighted by atomic mass is 9.88. The summed E-state index contributed by atoms with van der Waals surface area (Å²) in [7, 11) is 3.25. The zero-order chi connectivity index (χ0) is 17.8. The average molecular weight is 344 g/mol. The summed E-state index contributed by atoms with van der Waals surface area (Å²) in [5.41, 5.74) is 8.38. The summed E-state index contributed by atoms with van der Waals surface area (Å²) < 4.78 is 16.2. The molecule has 3 rings (SSSR count). The van der Waals surface area contributed by atoms with Gasteiger partial charge in [0, 0.05) is 24.1 Å². The van der Waals surface area contributed by atoms with Gasteiger partial charge in [0.15, 0.2) is 11.5 Å². The van der Waals surface area contributed by atoms with E-state index in [-0.39, 0.29) is 17.7 Å². The van der Waals surface area contributed by atoms with Crippen LogP contribution in [-0.2, 0) is 0 Å². The summed E-state index contributed by atoms with van der Waals surface area (Å²) in [6.07, 6.45) is 0. The quantitative estimate of drug-likeness (QED) is 0.748. The lowest BCUT2D eigenvalue weighted by Gasteiger charge is -2.21. The maximum absolute atomic E-state index is 10.4. The molecule has 0 amide bonds. The van der Waals surface area contributed by atoms with Crippen molar-refractivity contribution in [3.63, 3.8) is 0 Å². The highest BCUT2D eigenvalue weighted by molar-refractivity contribution is 5.47. The highest BCUT2D eigenvalue weighted by Crippen LogP contribution is 2.40. The Bertz CT molecular complexity index is 735. The van der Waals surface area contributed by atoms with Gasteiger partial charge in [0.05, 0.1) is 26.9 Å². The van der Waals surface area contributed by atoms with Crippen LogP contribution in [0.3, 0.4) is 0 Å². The zero-order valence-electron chi connectivity index (χ0n) is 14.7. The summed E-state index contributed by atoms with van der Waals surface area (Å²) in [6.45, 7) is 3.23. The predicted molar refractivity (Wildman–Crippen MR) is 95.4 cm³/mol. The zero-order valence-corrected chi connectivity index (χ0v) is 14.7. The van der Waals surface area contributed by atoms with Crippen LogP contribution in [-0.4, -0.2) is 32.5 Å². The van der Waals surface area contributed by atoms with Crippen LogP contribution in [0.4, 0.5) is 0 Å². The van der Waals surface area contributed by atoms with Crippen LogP contribution in [0.2, 0.25) is 0 Å². The predicted octanol–water partition coefficient (Wildman–Crippen LogP) is 2.74. The molecule has 25 heavy (non-hydrogen) atoms. The number of aromatic hydroxyl groups is 1. The number of hydrazine groups is 1. The number of hydrogen-bond donors (Lipinski definition) is 3. The molecule has 6 heteroatoms. The molecule has 2 aromatic carbocycles. The van der Waals surface area contributed by atoms with Crippen LogP contribution in [0.1, 0.15) is 30.0 Å².